The first-order chi connectivity index (χ1) is 11.0. The van der Waals surface area contributed by atoms with Crippen LogP contribution >= 0.6 is 0 Å². The molecular formula is C21H30O2. The molecule has 5 rings (SSSR count). The maximum absolute atomic E-state index is 12.1. The monoisotopic (exact) mass is 314 g/mol. The van der Waals surface area contributed by atoms with Crippen LogP contribution in [-0.4, -0.2) is 18.0 Å². The van der Waals surface area contributed by atoms with Gasteiger partial charge in [-0.2, -0.15) is 0 Å². The van der Waals surface area contributed by atoms with Gasteiger partial charge in [0.1, 0.15) is 12.2 Å². The van der Waals surface area contributed by atoms with E-state index in [9.17, 15) is 4.79 Å². The van der Waals surface area contributed by atoms with E-state index in [4.69, 9.17) is 4.74 Å². The summed E-state index contributed by atoms with van der Waals surface area (Å²) in [5, 5.41) is 0. The summed E-state index contributed by atoms with van der Waals surface area (Å²) >= 11 is 0. The van der Waals surface area contributed by atoms with Crippen LogP contribution in [0.3, 0.4) is 0 Å². The van der Waals surface area contributed by atoms with E-state index in [1.807, 2.05) is 6.08 Å². The van der Waals surface area contributed by atoms with E-state index in [1.165, 1.54) is 44.1 Å². The van der Waals surface area contributed by atoms with Crippen LogP contribution in [0.15, 0.2) is 11.6 Å². The van der Waals surface area contributed by atoms with Crippen molar-refractivity contribution in [1.82, 2.24) is 0 Å². The average Bonchev–Trinajstić information content (AvgIpc) is 3.27. The van der Waals surface area contributed by atoms with Gasteiger partial charge in [-0.3, -0.25) is 4.79 Å². The van der Waals surface area contributed by atoms with Gasteiger partial charge in [-0.25, -0.2) is 0 Å². The Morgan fingerprint density at radius 2 is 2.00 bits per heavy atom. The summed E-state index contributed by atoms with van der Waals surface area (Å²) in [7, 11) is 0. The number of rotatable bonds is 1. The molecule has 3 saturated carbocycles. The predicted molar refractivity (Wildman–Crippen MR) is 89.9 cm³/mol. The molecule has 0 aromatic heterocycles. The lowest BCUT2D eigenvalue weighted by molar-refractivity contribution is -0.116. The van der Waals surface area contributed by atoms with Crippen molar-refractivity contribution in [2.75, 3.05) is 0 Å². The Labute approximate surface area is 140 Å². The third-order valence-corrected chi connectivity index (χ3v) is 9.01. The first-order valence-electron chi connectivity index (χ1n) is 9.90. The first kappa shape index (κ1) is 14.7. The molecule has 5 aliphatic rings. The van der Waals surface area contributed by atoms with Crippen molar-refractivity contribution < 1.29 is 9.53 Å². The third kappa shape index (κ3) is 1.67. The van der Waals surface area contributed by atoms with Crippen LogP contribution in [0.25, 0.3) is 0 Å². The van der Waals surface area contributed by atoms with Gasteiger partial charge in [0.25, 0.3) is 0 Å². The molecule has 0 spiro atoms. The zero-order valence-electron chi connectivity index (χ0n) is 14.8. The van der Waals surface area contributed by atoms with E-state index in [2.05, 4.69) is 20.8 Å². The van der Waals surface area contributed by atoms with Gasteiger partial charge in [0.2, 0.25) is 0 Å². The lowest BCUT2D eigenvalue weighted by atomic mass is 9.46. The Morgan fingerprint density at radius 1 is 1.17 bits per heavy atom. The number of fused-ring (bicyclic) bond motifs is 7. The van der Waals surface area contributed by atoms with Crippen molar-refractivity contribution in [2.45, 2.75) is 77.9 Å². The highest BCUT2D eigenvalue weighted by atomic mass is 16.6. The van der Waals surface area contributed by atoms with Crippen LogP contribution in [0, 0.1) is 34.5 Å². The van der Waals surface area contributed by atoms with Crippen LogP contribution in [0.4, 0.5) is 0 Å². The number of carbonyl (C=O) groups excluding carboxylic acids is 1. The molecule has 1 saturated heterocycles. The molecule has 4 aliphatic carbocycles. The molecule has 126 valence electrons. The quantitative estimate of drug-likeness (QED) is 0.665. The molecule has 2 nitrogen and oxygen atoms in total. The van der Waals surface area contributed by atoms with E-state index < -0.39 is 0 Å². The minimum Gasteiger partial charge on any atom is -0.360 e. The third-order valence-electron chi connectivity index (χ3n) is 9.01. The van der Waals surface area contributed by atoms with Crippen molar-refractivity contribution in [2.24, 2.45) is 34.5 Å². The molecule has 1 aliphatic heterocycles. The van der Waals surface area contributed by atoms with E-state index in [1.54, 1.807) is 0 Å². The summed E-state index contributed by atoms with van der Waals surface area (Å²) in [6, 6.07) is 0. The van der Waals surface area contributed by atoms with Gasteiger partial charge in [-0.15, -0.1) is 0 Å². The van der Waals surface area contributed by atoms with Gasteiger partial charge in [0.05, 0.1) is 0 Å². The Bertz CT molecular complexity index is 593. The van der Waals surface area contributed by atoms with E-state index in [0.29, 0.717) is 5.41 Å². The lowest BCUT2D eigenvalue weighted by Gasteiger charge is -2.57. The fraction of sp³-hybridized carbons (Fsp3) is 0.857. The molecule has 0 bridgehead atoms. The molecular weight excluding hydrogens is 284 g/mol. The number of ketones is 1. The zero-order valence-corrected chi connectivity index (χ0v) is 14.8. The standard InChI is InChI=1S/C21H30O2/c1-4-12-6-8-15-14-7-5-13-11-17(22)18-19(23-18)21(13,3)16(14)9-10-20(12,15)2/h11-12,14-16,18-19H,4-10H2,1-3H3/t12-,14+,15+,16+,18?,19?,20-,21+/m1/s1. The normalized spacial score (nSPS) is 57.0. The topological polar surface area (TPSA) is 29.6 Å². The summed E-state index contributed by atoms with van der Waals surface area (Å²) in [6.45, 7) is 7.42. The van der Waals surface area contributed by atoms with Crippen LogP contribution in [-0.2, 0) is 9.53 Å². The van der Waals surface area contributed by atoms with Crippen molar-refractivity contribution in [3.63, 3.8) is 0 Å². The van der Waals surface area contributed by atoms with Gasteiger partial charge >= 0.3 is 0 Å². The number of hydrogen-bond acceptors (Lipinski definition) is 2. The Balaban J connectivity index is 1.52. The van der Waals surface area contributed by atoms with Gasteiger partial charge < -0.3 is 4.74 Å². The van der Waals surface area contributed by atoms with Crippen LogP contribution in [0.5, 0.6) is 0 Å². The molecule has 4 fully saturated rings. The summed E-state index contributed by atoms with van der Waals surface area (Å²) in [5.41, 5.74) is 2.17. The molecule has 1 heterocycles. The minimum absolute atomic E-state index is 0.0946. The first-order valence-corrected chi connectivity index (χ1v) is 9.90. The average molecular weight is 314 g/mol. The molecule has 0 aromatic carbocycles. The van der Waals surface area contributed by atoms with Crippen LogP contribution < -0.4 is 0 Å². The number of ether oxygens (including phenoxy) is 1. The molecule has 0 radical (unpaired) electrons. The number of epoxide rings is 1. The SMILES string of the molecule is CC[C@@H]1CC[C@H]2[C@@H]3CCC4=CC(=O)C5OC5[C@]4(C)[C@H]3CC[C@]12C. The molecule has 0 aromatic rings. The van der Waals surface area contributed by atoms with Crippen molar-refractivity contribution in [3.8, 4) is 0 Å². The second-order valence-electron chi connectivity index (χ2n) is 9.47. The van der Waals surface area contributed by atoms with Crippen molar-refractivity contribution in [1.29, 1.82) is 0 Å². The smallest absolute Gasteiger partial charge is 0.187 e. The number of carbonyl (C=O) groups is 1. The van der Waals surface area contributed by atoms with Crippen molar-refractivity contribution in [3.05, 3.63) is 11.6 Å². The highest BCUT2D eigenvalue weighted by Gasteiger charge is 2.67. The molecule has 2 unspecified atom stereocenters. The maximum atomic E-state index is 12.1. The molecule has 2 heteroatoms. The Hall–Kier alpha value is -0.630. The molecule has 23 heavy (non-hydrogen) atoms. The second kappa shape index (κ2) is 4.50. The van der Waals surface area contributed by atoms with E-state index >= 15 is 0 Å². The largest absolute Gasteiger partial charge is 0.360 e. The Kier molecular flexibility index (Phi) is 2.88. The van der Waals surface area contributed by atoms with Gasteiger partial charge in [0.15, 0.2) is 5.78 Å². The Morgan fingerprint density at radius 3 is 2.78 bits per heavy atom. The van der Waals surface area contributed by atoms with Crippen LogP contribution in [0.1, 0.15) is 65.7 Å². The summed E-state index contributed by atoms with van der Waals surface area (Å²) in [6.07, 6.45) is 11.5. The molecule has 0 amide bonds. The van der Waals surface area contributed by atoms with Gasteiger partial charge in [-0.05, 0) is 73.7 Å². The fourth-order valence-electron chi connectivity index (χ4n) is 7.70. The van der Waals surface area contributed by atoms with Crippen molar-refractivity contribution >= 4 is 5.78 Å². The van der Waals surface area contributed by atoms with Gasteiger partial charge in [0, 0.05) is 5.41 Å². The highest BCUT2D eigenvalue weighted by molar-refractivity contribution is 5.98. The highest BCUT2D eigenvalue weighted by Crippen LogP contribution is 2.68. The second-order valence-corrected chi connectivity index (χ2v) is 9.47. The summed E-state index contributed by atoms with van der Waals surface area (Å²) < 4.78 is 5.89. The minimum atomic E-state index is -0.0946. The summed E-state index contributed by atoms with van der Waals surface area (Å²) in [4.78, 5) is 12.1. The summed E-state index contributed by atoms with van der Waals surface area (Å²) in [5.74, 6) is 3.72. The number of hydrogen-bond donors (Lipinski definition) is 0. The molecule has 0 N–H and O–H groups in total. The zero-order chi connectivity index (χ0) is 16.0. The fourth-order valence-corrected chi connectivity index (χ4v) is 7.70. The van der Waals surface area contributed by atoms with E-state index in [0.717, 1.165) is 30.1 Å². The van der Waals surface area contributed by atoms with E-state index in [-0.39, 0.29) is 23.4 Å². The van der Waals surface area contributed by atoms with Crippen LogP contribution in [0.2, 0.25) is 0 Å². The lowest BCUT2D eigenvalue weighted by Crippen LogP contribution is -2.53. The molecule has 8 atom stereocenters. The predicted octanol–water partition coefficient (Wildman–Crippen LogP) is 4.53. The maximum Gasteiger partial charge on any atom is 0.187 e. The van der Waals surface area contributed by atoms with Gasteiger partial charge in [-0.1, -0.05) is 32.8 Å².